The Balaban J connectivity index is 1.76. The van der Waals surface area contributed by atoms with Gasteiger partial charge in [-0.25, -0.2) is 9.97 Å². The van der Waals surface area contributed by atoms with Gasteiger partial charge in [0, 0.05) is 18.7 Å². The first-order valence-electron chi connectivity index (χ1n) is 7.10. The quantitative estimate of drug-likeness (QED) is 0.758. The number of aromatic nitrogens is 2. The largest absolute Gasteiger partial charge is 0.370 e. The van der Waals surface area contributed by atoms with Crippen molar-refractivity contribution < 1.29 is 0 Å². The molecule has 1 aromatic heterocycles. The molecule has 0 aliphatic rings. The van der Waals surface area contributed by atoms with E-state index in [0.29, 0.717) is 6.04 Å². The maximum atomic E-state index is 4.23. The lowest BCUT2D eigenvalue weighted by atomic mass is 10.1. The van der Waals surface area contributed by atoms with E-state index in [1.165, 1.54) is 5.56 Å². The van der Waals surface area contributed by atoms with Crippen molar-refractivity contribution in [3.05, 3.63) is 48.3 Å². The zero-order valence-electron chi connectivity index (χ0n) is 12.1. The molecule has 0 saturated heterocycles. The lowest BCUT2D eigenvalue weighted by Crippen LogP contribution is -2.12. The van der Waals surface area contributed by atoms with Crippen molar-refractivity contribution in [1.29, 1.82) is 0 Å². The van der Waals surface area contributed by atoms with Crippen LogP contribution in [-0.4, -0.2) is 22.6 Å². The zero-order chi connectivity index (χ0) is 14.2. The Kier molecular flexibility index (Phi) is 5.35. The molecule has 0 unspecified atom stereocenters. The maximum Gasteiger partial charge on any atom is 0.131 e. The number of hydrogen-bond donors (Lipinski definition) is 2. The third-order valence-electron chi connectivity index (χ3n) is 2.89. The fourth-order valence-corrected chi connectivity index (χ4v) is 1.98. The number of anilines is 2. The second-order valence-electron chi connectivity index (χ2n) is 5.10. The van der Waals surface area contributed by atoms with E-state index in [9.17, 15) is 0 Å². The van der Waals surface area contributed by atoms with Crippen molar-refractivity contribution in [1.82, 2.24) is 9.97 Å². The third kappa shape index (κ3) is 4.88. The van der Waals surface area contributed by atoms with Gasteiger partial charge in [0.2, 0.25) is 0 Å². The zero-order valence-corrected chi connectivity index (χ0v) is 12.1. The van der Waals surface area contributed by atoms with Crippen LogP contribution in [0.5, 0.6) is 0 Å². The fourth-order valence-electron chi connectivity index (χ4n) is 1.98. The van der Waals surface area contributed by atoms with E-state index in [2.05, 4.69) is 58.7 Å². The topological polar surface area (TPSA) is 49.8 Å². The molecule has 0 aliphatic carbocycles. The fraction of sp³-hybridized carbons (Fsp3) is 0.375. The molecule has 1 heterocycles. The van der Waals surface area contributed by atoms with Crippen LogP contribution in [0.2, 0.25) is 0 Å². The minimum absolute atomic E-state index is 0.371. The first-order chi connectivity index (χ1) is 9.74. The van der Waals surface area contributed by atoms with Crippen LogP contribution in [0.15, 0.2) is 42.7 Å². The molecule has 1 aromatic carbocycles. The molecule has 0 atom stereocenters. The van der Waals surface area contributed by atoms with E-state index in [1.54, 1.807) is 6.33 Å². The monoisotopic (exact) mass is 270 g/mol. The number of nitrogens with zero attached hydrogens (tertiary/aromatic N) is 2. The Bertz CT molecular complexity index is 511. The standard InChI is InChI=1S/C16H22N4/c1-13(2)20-16-11-15(18-12-19-16)17-10-6-9-14-7-4-3-5-8-14/h3-5,7-8,11-13H,6,9-10H2,1-2H3,(H2,17,18,19,20). The van der Waals surface area contributed by atoms with Gasteiger partial charge in [-0.3, -0.25) is 0 Å². The second-order valence-corrected chi connectivity index (χ2v) is 5.10. The SMILES string of the molecule is CC(C)Nc1cc(NCCCc2ccccc2)ncn1. The number of nitrogens with one attached hydrogen (secondary N) is 2. The van der Waals surface area contributed by atoms with E-state index in [4.69, 9.17) is 0 Å². The van der Waals surface area contributed by atoms with Gasteiger partial charge < -0.3 is 10.6 Å². The average molecular weight is 270 g/mol. The summed E-state index contributed by atoms with van der Waals surface area (Å²) >= 11 is 0. The molecule has 2 N–H and O–H groups in total. The molecule has 0 radical (unpaired) electrons. The third-order valence-corrected chi connectivity index (χ3v) is 2.89. The smallest absolute Gasteiger partial charge is 0.131 e. The molecule has 4 heteroatoms. The minimum Gasteiger partial charge on any atom is -0.370 e. The van der Waals surface area contributed by atoms with Crippen LogP contribution in [0, 0.1) is 0 Å². The number of aryl methyl sites for hydroxylation is 1. The lowest BCUT2D eigenvalue weighted by molar-refractivity contribution is 0.855. The maximum absolute atomic E-state index is 4.23. The molecule has 4 nitrogen and oxygen atoms in total. The van der Waals surface area contributed by atoms with Gasteiger partial charge in [0.25, 0.3) is 0 Å². The Morgan fingerprint density at radius 1 is 1.05 bits per heavy atom. The normalized spacial score (nSPS) is 10.6. The predicted molar refractivity (Wildman–Crippen MR) is 84.0 cm³/mol. The van der Waals surface area contributed by atoms with Gasteiger partial charge in [-0.15, -0.1) is 0 Å². The molecule has 0 saturated carbocycles. The van der Waals surface area contributed by atoms with Crippen molar-refractivity contribution in [3.8, 4) is 0 Å². The first kappa shape index (κ1) is 14.3. The van der Waals surface area contributed by atoms with Crippen LogP contribution in [0.1, 0.15) is 25.8 Å². The van der Waals surface area contributed by atoms with Crippen LogP contribution in [0.4, 0.5) is 11.6 Å². The molecule has 0 bridgehead atoms. The molecule has 0 fully saturated rings. The Labute approximate surface area is 120 Å². The first-order valence-corrected chi connectivity index (χ1v) is 7.10. The van der Waals surface area contributed by atoms with E-state index in [1.807, 2.05) is 12.1 Å². The van der Waals surface area contributed by atoms with Gasteiger partial charge in [-0.2, -0.15) is 0 Å². The van der Waals surface area contributed by atoms with Gasteiger partial charge in [0.05, 0.1) is 0 Å². The molecule has 2 rings (SSSR count). The average Bonchev–Trinajstić information content (AvgIpc) is 2.44. The predicted octanol–water partition coefficient (Wildman–Crippen LogP) is 3.34. The highest BCUT2D eigenvalue weighted by Crippen LogP contribution is 2.10. The van der Waals surface area contributed by atoms with Crippen LogP contribution >= 0.6 is 0 Å². The molecule has 0 spiro atoms. The highest BCUT2D eigenvalue weighted by molar-refractivity contribution is 5.46. The molecular weight excluding hydrogens is 248 g/mol. The molecule has 2 aromatic rings. The van der Waals surface area contributed by atoms with Crippen molar-refractivity contribution in [2.75, 3.05) is 17.2 Å². The number of hydrogen-bond acceptors (Lipinski definition) is 4. The van der Waals surface area contributed by atoms with Crippen LogP contribution < -0.4 is 10.6 Å². The summed E-state index contributed by atoms with van der Waals surface area (Å²) in [6, 6.07) is 12.9. The van der Waals surface area contributed by atoms with E-state index >= 15 is 0 Å². The molecular formula is C16H22N4. The van der Waals surface area contributed by atoms with Gasteiger partial charge >= 0.3 is 0 Å². The summed E-state index contributed by atoms with van der Waals surface area (Å²) in [5.41, 5.74) is 1.37. The molecule has 20 heavy (non-hydrogen) atoms. The Hall–Kier alpha value is -2.10. The van der Waals surface area contributed by atoms with E-state index < -0.39 is 0 Å². The van der Waals surface area contributed by atoms with Crippen LogP contribution in [-0.2, 0) is 6.42 Å². The summed E-state index contributed by atoms with van der Waals surface area (Å²) in [4.78, 5) is 8.42. The molecule has 106 valence electrons. The van der Waals surface area contributed by atoms with E-state index in [0.717, 1.165) is 31.0 Å². The van der Waals surface area contributed by atoms with Crippen LogP contribution in [0.25, 0.3) is 0 Å². The summed E-state index contributed by atoms with van der Waals surface area (Å²) in [5.74, 6) is 1.73. The highest BCUT2D eigenvalue weighted by atomic mass is 15.1. The summed E-state index contributed by atoms with van der Waals surface area (Å²) in [7, 11) is 0. The summed E-state index contributed by atoms with van der Waals surface area (Å²) in [6.07, 6.45) is 3.75. The van der Waals surface area contributed by atoms with Gasteiger partial charge in [0.15, 0.2) is 0 Å². The van der Waals surface area contributed by atoms with Crippen molar-refractivity contribution in [2.45, 2.75) is 32.7 Å². The molecule has 0 aliphatic heterocycles. The lowest BCUT2D eigenvalue weighted by Gasteiger charge is -2.10. The van der Waals surface area contributed by atoms with Gasteiger partial charge in [0.1, 0.15) is 18.0 Å². The van der Waals surface area contributed by atoms with E-state index in [-0.39, 0.29) is 0 Å². The summed E-state index contributed by atoms with van der Waals surface area (Å²) in [5, 5.41) is 6.61. The minimum atomic E-state index is 0.371. The Morgan fingerprint density at radius 3 is 2.55 bits per heavy atom. The van der Waals surface area contributed by atoms with Crippen molar-refractivity contribution in [2.24, 2.45) is 0 Å². The second kappa shape index (κ2) is 7.48. The summed E-state index contributed by atoms with van der Waals surface area (Å²) < 4.78 is 0. The van der Waals surface area contributed by atoms with Gasteiger partial charge in [-0.05, 0) is 32.3 Å². The summed E-state index contributed by atoms with van der Waals surface area (Å²) in [6.45, 7) is 5.09. The molecule has 0 amide bonds. The number of rotatable bonds is 7. The van der Waals surface area contributed by atoms with Crippen molar-refractivity contribution in [3.63, 3.8) is 0 Å². The number of benzene rings is 1. The highest BCUT2D eigenvalue weighted by Gasteiger charge is 2.00. The Morgan fingerprint density at radius 2 is 1.80 bits per heavy atom. The van der Waals surface area contributed by atoms with Crippen LogP contribution in [0.3, 0.4) is 0 Å². The van der Waals surface area contributed by atoms with Gasteiger partial charge in [-0.1, -0.05) is 30.3 Å². The van der Waals surface area contributed by atoms with Crippen molar-refractivity contribution >= 4 is 11.6 Å².